The van der Waals surface area contributed by atoms with Gasteiger partial charge in [-0.1, -0.05) is 36.3 Å². The number of piperazine rings is 1. The standard InChI is InChI=1S/C22H35BN2O2/c1-17-14-25(15-18(2)24(17)7)16-20-10-8-19(9-11-20)12-13-23-26-21(3,4)22(5,6)27-23/h8-13,17-18H,14-16H2,1-7H3/t17-,18+. The fraction of sp³-hybridized carbons (Fsp3) is 0.636. The van der Waals surface area contributed by atoms with Crippen LogP contribution in [0.2, 0.25) is 0 Å². The minimum absolute atomic E-state index is 0.289. The highest BCUT2D eigenvalue weighted by molar-refractivity contribution is 6.52. The van der Waals surface area contributed by atoms with Crippen LogP contribution >= 0.6 is 0 Å². The quantitative estimate of drug-likeness (QED) is 0.752. The zero-order chi connectivity index (χ0) is 19.8. The molecule has 0 N–H and O–H groups in total. The summed E-state index contributed by atoms with van der Waals surface area (Å²) in [6.07, 6.45) is 2.09. The fourth-order valence-corrected chi connectivity index (χ4v) is 3.79. The number of nitrogens with zero attached hydrogens (tertiary/aromatic N) is 2. The van der Waals surface area contributed by atoms with Crippen molar-refractivity contribution in [2.45, 2.75) is 71.4 Å². The van der Waals surface area contributed by atoms with E-state index in [0.29, 0.717) is 12.1 Å². The van der Waals surface area contributed by atoms with Gasteiger partial charge in [-0.3, -0.25) is 9.80 Å². The smallest absolute Gasteiger partial charge is 0.400 e. The molecule has 2 heterocycles. The Morgan fingerprint density at radius 2 is 1.52 bits per heavy atom. The first kappa shape index (κ1) is 20.6. The lowest BCUT2D eigenvalue weighted by Crippen LogP contribution is -2.54. The molecule has 0 unspecified atom stereocenters. The highest BCUT2D eigenvalue weighted by Gasteiger charge is 2.49. The van der Waals surface area contributed by atoms with Gasteiger partial charge in [0.1, 0.15) is 0 Å². The van der Waals surface area contributed by atoms with Crippen molar-refractivity contribution in [3.63, 3.8) is 0 Å². The topological polar surface area (TPSA) is 24.9 Å². The predicted octanol–water partition coefficient (Wildman–Crippen LogP) is 3.86. The van der Waals surface area contributed by atoms with Crippen molar-refractivity contribution in [1.29, 1.82) is 0 Å². The molecule has 2 fully saturated rings. The maximum Gasteiger partial charge on any atom is 0.487 e. The molecule has 27 heavy (non-hydrogen) atoms. The van der Waals surface area contributed by atoms with Crippen LogP contribution in [0, 0.1) is 0 Å². The van der Waals surface area contributed by atoms with E-state index in [-0.39, 0.29) is 18.3 Å². The van der Waals surface area contributed by atoms with E-state index in [2.05, 4.69) is 88.7 Å². The van der Waals surface area contributed by atoms with Crippen LogP contribution in [0.1, 0.15) is 52.7 Å². The van der Waals surface area contributed by atoms with E-state index in [1.165, 1.54) is 11.1 Å². The Balaban J connectivity index is 1.57. The molecule has 0 aliphatic carbocycles. The monoisotopic (exact) mass is 370 g/mol. The minimum atomic E-state index is -0.289. The van der Waals surface area contributed by atoms with Gasteiger partial charge in [0.05, 0.1) is 11.2 Å². The molecule has 148 valence electrons. The molecule has 5 heteroatoms. The van der Waals surface area contributed by atoms with Crippen molar-refractivity contribution < 1.29 is 9.31 Å². The largest absolute Gasteiger partial charge is 0.487 e. The molecule has 0 aromatic heterocycles. The highest BCUT2D eigenvalue weighted by Crippen LogP contribution is 2.37. The van der Waals surface area contributed by atoms with E-state index in [9.17, 15) is 0 Å². The van der Waals surface area contributed by atoms with Gasteiger partial charge < -0.3 is 9.31 Å². The summed E-state index contributed by atoms with van der Waals surface area (Å²) in [7, 11) is 1.94. The Bertz CT molecular complexity index is 643. The number of hydrogen-bond donors (Lipinski definition) is 0. The fourth-order valence-electron chi connectivity index (χ4n) is 3.79. The minimum Gasteiger partial charge on any atom is -0.400 e. The van der Waals surface area contributed by atoms with Crippen LogP contribution in [-0.2, 0) is 15.9 Å². The molecule has 3 rings (SSSR count). The molecular formula is C22H35BN2O2. The van der Waals surface area contributed by atoms with E-state index in [4.69, 9.17) is 9.31 Å². The summed E-state index contributed by atoms with van der Waals surface area (Å²) in [6.45, 7) is 16.2. The molecule has 4 nitrogen and oxygen atoms in total. The van der Waals surface area contributed by atoms with Crippen molar-refractivity contribution >= 4 is 13.2 Å². The number of likely N-dealkylation sites (N-methyl/N-ethyl adjacent to an activating group) is 1. The molecule has 2 aliphatic rings. The van der Waals surface area contributed by atoms with Crippen LogP contribution in [0.15, 0.2) is 30.2 Å². The van der Waals surface area contributed by atoms with Crippen LogP contribution in [0.3, 0.4) is 0 Å². The van der Waals surface area contributed by atoms with Gasteiger partial charge in [-0.25, -0.2) is 0 Å². The summed E-state index contributed by atoms with van der Waals surface area (Å²) < 4.78 is 12.0. The molecule has 2 saturated heterocycles. The molecule has 0 radical (unpaired) electrons. The Kier molecular flexibility index (Phi) is 5.88. The first-order valence-corrected chi connectivity index (χ1v) is 10.1. The summed E-state index contributed by atoms with van der Waals surface area (Å²) in [6, 6.07) is 10.0. The lowest BCUT2D eigenvalue weighted by Gasteiger charge is -2.42. The van der Waals surface area contributed by atoms with Crippen molar-refractivity contribution in [3.8, 4) is 0 Å². The van der Waals surface area contributed by atoms with Crippen molar-refractivity contribution in [1.82, 2.24) is 9.80 Å². The van der Waals surface area contributed by atoms with Crippen LogP contribution < -0.4 is 0 Å². The van der Waals surface area contributed by atoms with E-state index >= 15 is 0 Å². The molecule has 0 saturated carbocycles. The Morgan fingerprint density at radius 3 is 2.04 bits per heavy atom. The zero-order valence-corrected chi connectivity index (χ0v) is 18.0. The summed E-state index contributed by atoms with van der Waals surface area (Å²) in [4.78, 5) is 5.03. The van der Waals surface area contributed by atoms with Gasteiger partial charge in [-0.15, -0.1) is 0 Å². The first-order valence-electron chi connectivity index (χ1n) is 10.1. The van der Waals surface area contributed by atoms with Gasteiger partial charge in [0.2, 0.25) is 0 Å². The van der Waals surface area contributed by atoms with Crippen molar-refractivity contribution in [3.05, 3.63) is 41.4 Å². The number of benzene rings is 1. The van der Waals surface area contributed by atoms with E-state index in [0.717, 1.165) is 19.6 Å². The third-order valence-corrected chi connectivity index (χ3v) is 6.54. The lowest BCUT2D eigenvalue weighted by atomic mass is 9.89. The van der Waals surface area contributed by atoms with Crippen molar-refractivity contribution in [2.24, 2.45) is 0 Å². The lowest BCUT2D eigenvalue weighted by molar-refractivity contribution is 0.00578. The summed E-state index contributed by atoms with van der Waals surface area (Å²) in [5.74, 6) is 2.01. The van der Waals surface area contributed by atoms with E-state index in [1.807, 2.05) is 5.98 Å². The summed E-state index contributed by atoms with van der Waals surface area (Å²) in [5, 5.41) is 0. The van der Waals surface area contributed by atoms with Crippen LogP contribution in [0.25, 0.3) is 6.08 Å². The normalized spacial score (nSPS) is 28.9. The van der Waals surface area contributed by atoms with Crippen molar-refractivity contribution in [2.75, 3.05) is 20.1 Å². The second-order valence-electron chi connectivity index (χ2n) is 9.28. The van der Waals surface area contributed by atoms with Gasteiger partial charge >= 0.3 is 7.12 Å². The third-order valence-electron chi connectivity index (χ3n) is 6.54. The Labute approximate surface area is 165 Å². The van der Waals surface area contributed by atoms with E-state index < -0.39 is 0 Å². The first-order chi connectivity index (χ1) is 12.6. The second kappa shape index (κ2) is 7.71. The molecular weight excluding hydrogens is 335 g/mol. The van der Waals surface area contributed by atoms with Gasteiger partial charge in [-0.2, -0.15) is 0 Å². The summed E-state index contributed by atoms with van der Waals surface area (Å²) in [5.41, 5.74) is 1.96. The average Bonchev–Trinajstić information content (AvgIpc) is 2.79. The van der Waals surface area contributed by atoms with E-state index in [1.54, 1.807) is 0 Å². The molecule has 1 aromatic rings. The Morgan fingerprint density at radius 1 is 1.00 bits per heavy atom. The van der Waals surface area contributed by atoms with Crippen LogP contribution in [0.5, 0.6) is 0 Å². The average molecular weight is 370 g/mol. The number of hydrogen-bond acceptors (Lipinski definition) is 4. The number of rotatable bonds is 4. The maximum atomic E-state index is 6.02. The van der Waals surface area contributed by atoms with Crippen LogP contribution in [-0.4, -0.2) is 60.3 Å². The van der Waals surface area contributed by atoms with Gasteiger partial charge in [-0.05, 0) is 59.7 Å². The predicted molar refractivity (Wildman–Crippen MR) is 114 cm³/mol. The summed E-state index contributed by atoms with van der Waals surface area (Å²) >= 11 is 0. The molecule has 1 aromatic carbocycles. The highest BCUT2D eigenvalue weighted by atomic mass is 16.7. The molecule has 0 bridgehead atoms. The SMILES string of the molecule is C[C@@H]1CN(Cc2ccc(C=CB3OC(C)(C)C(C)(C)O3)cc2)C[C@H](C)N1C. The molecule has 0 spiro atoms. The van der Waals surface area contributed by atoms with Gasteiger partial charge in [0.25, 0.3) is 0 Å². The van der Waals surface area contributed by atoms with Gasteiger partial charge in [0.15, 0.2) is 0 Å². The molecule has 2 aliphatic heterocycles. The molecule has 2 atom stereocenters. The van der Waals surface area contributed by atoms with Gasteiger partial charge in [0, 0.05) is 31.7 Å². The van der Waals surface area contributed by atoms with Crippen LogP contribution in [0.4, 0.5) is 0 Å². The Hall–Kier alpha value is -1.14. The molecule has 0 amide bonds. The second-order valence-corrected chi connectivity index (χ2v) is 9.28. The maximum absolute atomic E-state index is 6.02. The third kappa shape index (κ3) is 4.65. The zero-order valence-electron chi connectivity index (χ0n) is 18.0.